The van der Waals surface area contributed by atoms with E-state index in [0.29, 0.717) is 57.4 Å². The van der Waals surface area contributed by atoms with E-state index < -0.39 is 5.82 Å². The fourth-order valence-corrected chi connectivity index (χ4v) is 5.09. The molecule has 0 aliphatic carbocycles. The van der Waals surface area contributed by atoms with Crippen molar-refractivity contribution in [2.24, 2.45) is 5.92 Å². The molecule has 0 spiro atoms. The third-order valence-electron chi connectivity index (χ3n) is 6.88. The van der Waals surface area contributed by atoms with Gasteiger partial charge in [0.15, 0.2) is 17.1 Å². The minimum Gasteiger partial charge on any atom is -0.506 e. The molecule has 0 radical (unpaired) electrons. The number of phenolic OH excluding ortho intramolecular Hbond substituents is 1. The molecule has 1 saturated heterocycles. The monoisotopic (exact) mass is 498 g/mol. The highest BCUT2D eigenvalue weighted by molar-refractivity contribution is 6.32. The molecule has 0 atom stereocenters. The Hall–Kier alpha value is -3.10. The van der Waals surface area contributed by atoms with Gasteiger partial charge < -0.3 is 19.5 Å². The number of hydrogen-bond acceptors (Lipinski definition) is 6. The van der Waals surface area contributed by atoms with Crippen molar-refractivity contribution in [3.8, 4) is 28.5 Å². The standard InChI is InChI=1S/C26H28ClFN4O3/c1-14-21-23-22(24(29-26(21)31-30-14)16-4-5-19(33)17(27)12-16)18(28)13-20(25(23)34-3)35-11-8-15-6-9-32(2)10-7-15/h4-5,12-13,15,33H,6-11H2,1-3H3,(H,29,30,31). The number of ether oxygens (including phenoxy) is 2. The number of fused-ring (bicyclic) bond motifs is 3. The first-order valence-electron chi connectivity index (χ1n) is 11.7. The molecule has 9 heteroatoms. The Labute approximate surface area is 207 Å². The van der Waals surface area contributed by atoms with Gasteiger partial charge in [0.25, 0.3) is 0 Å². The number of aromatic hydroxyl groups is 1. The summed E-state index contributed by atoms with van der Waals surface area (Å²) < 4.78 is 27.7. The average Bonchev–Trinajstić information content (AvgIpc) is 3.22. The fraction of sp³-hybridized carbons (Fsp3) is 0.385. The van der Waals surface area contributed by atoms with Crippen molar-refractivity contribution in [1.82, 2.24) is 20.1 Å². The number of piperidine rings is 1. The van der Waals surface area contributed by atoms with E-state index in [1.807, 2.05) is 6.92 Å². The summed E-state index contributed by atoms with van der Waals surface area (Å²) in [4.78, 5) is 7.00. The van der Waals surface area contributed by atoms with Gasteiger partial charge in [-0.25, -0.2) is 9.37 Å². The lowest BCUT2D eigenvalue weighted by atomic mass is 9.94. The number of methoxy groups -OCH3 is 1. The zero-order valence-corrected chi connectivity index (χ0v) is 20.7. The largest absolute Gasteiger partial charge is 0.506 e. The Morgan fingerprint density at radius 1 is 1.20 bits per heavy atom. The molecule has 4 aromatic rings. The van der Waals surface area contributed by atoms with E-state index in [2.05, 4.69) is 27.1 Å². The molecule has 184 valence electrons. The fourth-order valence-electron chi connectivity index (χ4n) is 4.91. The van der Waals surface area contributed by atoms with E-state index in [1.165, 1.54) is 12.1 Å². The van der Waals surface area contributed by atoms with Crippen LogP contribution in [0.1, 0.15) is 25.0 Å². The number of aryl methyl sites for hydroxylation is 1. The van der Waals surface area contributed by atoms with Crippen molar-refractivity contribution in [2.45, 2.75) is 26.2 Å². The van der Waals surface area contributed by atoms with Gasteiger partial charge in [0.2, 0.25) is 0 Å². The number of benzene rings is 2. The van der Waals surface area contributed by atoms with E-state index in [0.717, 1.165) is 32.4 Å². The summed E-state index contributed by atoms with van der Waals surface area (Å²) in [7, 11) is 3.69. The van der Waals surface area contributed by atoms with Crippen molar-refractivity contribution in [3.05, 3.63) is 40.8 Å². The number of nitrogens with one attached hydrogen (secondary N) is 1. The van der Waals surface area contributed by atoms with Gasteiger partial charge in [-0.1, -0.05) is 11.6 Å². The van der Waals surface area contributed by atoms with Gasteiger partial charge in [0, 0.05) is 22.4 Å². The third kappa shape index (κ3) is 4.36. The second-order valence-corrected chi connectivity index (χ2v) is 9.59. The normalized spacial score (nSPS) is 15.2. The van der Waals surface area contributed by atoms with E-state index in [9.17, 15) is 5.11 Å². The van der Waals surface area contributed by atoms with Gasteiger partial charge in [0.05, 0.1) is 35.5 Å². The van der Waals surface area contributed by atoms with Gasteiger partial charge in [-0.2, -0.15) is 5.10 Å². The van der Waals surface area contributed by atoms with Crippen LogP contribution >= 0.6 is 11.6 Å². The molecule has 0 amide bonds. The SMILES string of the molecule is COc1c(OCCC2CCN(C)CC2)cc(F)c2c(-c3ccc(O)c(Cl)c3)nc3[nH]nc(C)c3c12. The lowest BCUT2D eigenvalue weighted by Crippen LogP contribution is -2.30. The second-order valence-electron chi connectivity index (χ2n) is 9.18. The lowest BCUT2D eigenvalue weighted by Gasteiger charge is -2.28. The van der Waals surface area contributed by atoms with Crippen molar-refractivity contribution in [3.63, 3.8) is 0 Å². The maximum Gasteiger partial charge on any atom is 0.169 e. The molecular formula is C26H28ClFN4O3. The summed E-state index contributed by atoms with van der Waals surface area (Å²) in [5.41, 5.74) is 2.10. The van der Waals surface area contributed by atoms with Gasteiger partial charge in [-0.05, 0) is 70.4 Å². The van der Waals surface area contributed by atoms with E-state index in [-0.39, 0.29) is 16.2 Å². The molecule has 2 N–H and O–H groups in total. The number of rotatable bonds is 6. The minimum atomic E-state index is -0.482. The first-order chi connectivity index (χ1) is 16.9. The van der Waals surface area contributed by atoms with Crippen LogP contribution in [0, 0.1) is 18.7 Å². The first-order valence-corrected chi connectivity index (χ1v) is 12.1. The number of likely N-dealkylation sites (tertiary alicyclic amines) is 1. The number of halogens is 2. The number of phenols is 1. The molecule has 7 nitrogen and oxygen atoms in total. The zero-order valence-electron chi connectivity index (χ0n) is 20.0. The van der Waals surface area contributed by atoms with Crippen molar-refractivity contribution < 1.29 is 19.0 Å². The van der Waals surface area contributed by atoms with Gasteiger partial charge >= 0.3 is 0 Å². The van der Waals surface area contributed by atoms with Gasteiger partial charge in [-0.15, -0.1) is 0 Å². The van der Waals surface area contributed by atoms with Crippen LogP contribution in [0.2, 0.25) is 5.02 Å². The van der Waals surface area contributed by atoms with Crippen LogP contribution in [-0.2, 0) is 0 Å². The Balaban J connectivity index is 1.61. The molecule has 0 saturated carbocycles. The maximum absolute atomic E-state index is 15.8. The summed E-state index contributed by atoms with van der Waals surface area (Å²) in [6.07, 6.45) is 3.19. The Morgan fingerprint density at radius 2 is 1.97 bits per heavy atom. The van der Waals surface area contributed by atoms with Crippen LogP contribution in [-0.4, -0.2) is 59.0 Å². The number of nitrogens with zero attached hydrogens (tertiary/aromatic N) is 3. The van der Waals surface area contributed by atoms with Crippen molar-refractivity contribution in [2.75, 3.05) is 33.9 Å². The molecular weight excluding hydrogens is 471 g/mol. The number of hydrogen-bond donors (Lipinski definition) is 2. The Kier molecular flexibility index (Phi) is 6.42. The summed E-state index contributed by atoms with van der Waals surface area (Å²) in [6.45, 7) is 4.50. The predicted molar refractivity (Wildman–Crippen MR) is 135 cm³/mol. The molecule has 35 heavy (non-hydrogen) atoms. The molecule has 3 heterocycles. The quantitative estimate of drug-likeness (QED) is 0.354. The van der Waals surface area contributed by atoms with Gasteiger partial charge in [0.1, 0.15) is 11.6 Å². The Morgan fingerprint density at radius 3 is 2.69 bits per heavy atom. The van der Waals surface area contributed by atoms with Crippen molar-refractivity contribution >= 4 is 33.4 Å². The highest BCUT2D eigenvalue weighted by Gasteiger charge is 2.25. The molecule has 2 aromatic carbocycles. The van der Waals surface area contributed by atoms with Crippen LogP contribution in [0.4, 0.5) is 4.39 Å². The summed E-state index contributed by atoms with van der Waals surface area (Å²) in [5, 5.41) is 18.7. The summed E-state index contributed by atoms with van der Waals surface area (Å²) >= 11 is 6.15. The smallest absolute Gasteiger partial charge is 0.169 e. The number of H-pyrrole nitrogens is 1. The molecule has 0 bridgehead atoms. The van der Waals surface area contributed by atoms with E-state index in [4.69, 9.17) is 21.1 Å². The van der Waals surface area contributed by atoms with Crippen LogP contribution in [0.5, 0.6) is 17.2 Å². The lowest BCUT2D eigenvalue weighted by molar-refractivity contribution is 0.185. The molecule has 1 fully saturated rings. The predicted octanol–water partition coefficient (Wildman–Crippen LogP) is 5.70. The highest BCUT2D eigenvalue weighted by Crippen LogP contribution is 2.45. The molecule has 2 aromatic heterocycles. The number of pyridine rings is 1. The third-order valence-corrected chi connectivity index (χ3v) is 7.19. The Bertz CT molecular complexity index is 1400. The average molecular weight is 499 g/mol. The van der Waals surface area contributed by atoms with E-state index in [1.54, 1.807) is 19.2 Å². The second kappa shape index (κ2) is 9.51. The zero-order chi connectivity index (χ0) is 24.7. The minimum absolute atomic E-state index is 0.0588. The van der Waals surface area contributed by atoms with Crippen LogP contribution in [0.15, 0.2) is 24.3 Å². The maximum atomic E-state index is 15.8. The molecule has 1 aliphatic heterocycles. The van der Waals surface area contributed by atoms with Crippen molar-refractivity contribution in [1.29, 1.82) is 0 Å². The first kappa shape index (κ1) is 23.6. The molecule has 1 aliphatic rings. The topological polar surface area (TPSA) is 83.5 Å². The number of aromatic nitrogens is 3. The summed E-state index contributed by atoms with van der Waals surface area (Å²) in [5.74, 6) is 0.849. The summed E-state index contributed by atoms with van der Waals surface area (Å²) in [6, 6.07) is 6.04. The van der Waals surface area contributed by atoms with Crippen LogP contribution in [0.25, 0.3) is 33.1 Å². The molecule has 0 unspecified atom stereocenters. The van der Waals surface area contributed by atoms with Gasteiger partial charge in [-0.3, -0.25) is 5.10 Å². The highest BCUT2D eigenvalue weighted by atomic mass is 35.5. The molecule has 5 rings (SSSR count). The number of aromatic amines is 1. The van der Waals surface area contributed by atoms with E-state index >= 15 is 4.39 Å². The van der Waals surface area contributed by atoms with Crippen LogP contribution in [0.3, 0.4) is 0 Å². The van der Waals surface area contributed by atoms with Crippen LogP contribution < -0.4 is 9.47 Å².